The van der Waals surface area contributed by atoms with Gasteiger partial charge in [0, 0.05) is 18.1 Å². The minimum atomic E-state index is -0.501. The number of aliphatic hydroxyl groups excluding tert-OH is 1. The summed E-state index contributed by atoms with van der Waals surface area (Å²) in [5, 5.41) is 13.7. The third-order valence-corrected chi connectivity index (χ3v) is 5.58. The van der Waals surface area contributed by atoms with E-state index in [4.69, 9.17) is 11.6 Å². The van der Waals surface area contributed by atoms with Crippen LogP contribution in [-0.2, 0) is 6.54 Å². The molecule has 2 atom stereocenters. The summed E-state index contributed by atoms with van der Waals surface area (Å²) in [4.78, 5) is 21.9. The molecule has 1 amide bonds. The lowest BCUT2D eigenvalue weighted by Crippen LogP contribution is -2.45. The summed E-state index contributed by atoms with van der Waals surface area (Å²) in [6.45, 7) is 2.43. The molecular weight excluding hydrogens is 376 g/mol. The predicted molar refractivity (Wildman–Crippen MR) is 109 cm³/mol. The second-order valence-corrected chi connectivity index (χ2v) is 7.77. The maximum absolute atomic E-state index is 13.0. The number of aromatic nitrogens is 3. The van der Waals surface area contributed by atoms with Gasteiger partial charge in [-0.05, 0) is 38.0 Å². The highest BCUT2D eigenvalue weighted by molar-refractivity contribution is 6.35. The van der Waals surface area contributed by atoms with Crippen LogP contribution in [0.1, 0.15) is 47.4 Å². The Labute approximate surface area is 168 Å². The van der Waals surface area contributed by atoms with Gasteiger partial charge in [-0.15, -0.1) is 0 Å². The van der Waals surface area contributed by atoms with Crippen LogP contribution in [-0.4, -0.2) is 37.7 Å². The normalized spacial score (nSPS) is 19.7. The first-order valence-electron chi connectivity index (χ1n) is 9.58. The molecule has 3 heterocycles. The number of nitrogens with one attached hydrogen (secondary N) is 1. The number of nitrogens with zero attached hydrogens (tertiary/aromatic N) is 3. The van der Waals surface area contributed by atoms with Gasteiger partial charge in [0.25, 0.3) is 5.91 Å². The van der Waals surface area contributed by atoms with Gasteiger partial charge in [-0.25, -0.2) is 0 Å². The highest BCUT2D eigenvalue weighted by Gasteiger charge is 2.27. The van der Waals surface area contributed by atoms with E-state index in [1.165, 1.54) is 0 Å². The Morgan fingerprint density at radius 3 is 2.93 bits per heavy atom. The Morgan fingerprint density at radius 2 is 2.14 bits per heavy atom. The smallest absolute Gasteiger partial charge is 0.255 e. The Bertz CT molecular complexity index is 1020. The van der Waals surface area contributed by atoms with Crippen molar-refractivity contribution < 1.29 is 9.90 Å². The topological polar surface area (TPSA) is 80.0 Å². The van der Waals surface area contributed by atoms with Gasteiger partial charge >= 0.3 is 0 Å². The van der Waals surface area contributed by atoms with Crippen LogP contribution in [0.4, 0.5) is 0 Å². The van der Waals surface area contributed by atoms with E-state index in [1.54, 1.807) is 18.5 Å². The second kappa shape index (κ2) is 7.89. The Kier molecular flexibility index (Phi) is 5.33. The first-order chi connectivity index (χ1) is 13.5. The quantitative estimate of drug-likeness (QED) is 0.705. The molecule has 7 heteroatoms. The van der Waals surface area contributed by atoms with Gasteiger partial charge < -0.3 is 15.0 Å². The number of halogens is 1. The molecule has 0 bridgehead atoms. The number of amides is 1. The van der Waals surface area contributed by atoms with E-state index in [2.05, 4.69) is 15.3 Å². The third kappa shape index (κ3) is 3.75. The van der Waals surface area contributed by atoms with Crippen molar-refractivity contribution in [2.45, 2.75) is 51.3 Å². The average molecular weight is 399 g/mol. The van der Waals surface area contributed by atoms with Crippen molar-refractivity contribution in [1.82, 2.24) is 19.9 Å². The standard InChI is InChI=1S/C21H23ClN4O2/c1-13-5-4-6-14(24-13)11-26-12-15(19-20(26)16(22)9-10-23-19)21(28)25-17-7-2-3-8-18(17)27/h4-6,9-10,12,17-18,27H,2-3,7-8,11H2,1H3,(H,25,28)/t17-,18-/m0/s1. The number of carbonyl (C=O) groups excluding carboxylic acids is 1. The first kappa shape index (κ1) is 18.9. The van der Waals surface area contributed by atoms with E-state index in [-0.39, 0.29) is 11.9 Å². The third-order valence-electron chi connectivity index (χ3n) is 5.27. The molecule has 0 aromatic carbocycles. The number of pyridine rings is 2. The summed E-state index contributed by atoms with van der Waals surface area (Å²) >= 11 is 6.44. The minimum Gasteiger partial charge on any atom is -0.391 e. The van der Waals surface area contributed by atoms with Crippen molar-refractivity contribution in [3.63, 3.8) is 0 Å². The summed E-state index contributed by atoms with van der Waals surface area (Å²) in [7, 11) is 0. The van der Waals surface area contributed by atoms with Gasteiger partial charge in [0.05, 0.1) is 40.5 Å². The van der Waals surface area contributed by atoms with E-state index in [1.807, 2.05) is 29.7 Å². The Hall–Kier alpha value is -2.44. The second-order valence-electron chi connectivity index (χ2n) is 7.36. The lowest BCUT2D eigenvalue weighted by Gasteiger charge is -2.28. The number of hydrogen-bond acceptors (Lipinski definition) is 4. The molecule has 6 nitrogen and oxygen atoms in total. The molecule has 1 aliphatic carbocycles. The Balaban J connectivity index is 1.69. The van der Waals surface area contributed by atoms with Gasteiger partial charge in [-0.3, -0.25) is 14.8 Å². The molecule has 1 fully saturated rings. The number of rotatable bonds is 4. The van der Waals surface area contributed by atoms with Crippen LogP contribution < -0.4 is 5.32 Å². The van der Waals surface area contributed by atoms with Gasteiger partial charge in [0.1, 0.15) is 5.52 Å². The maximum Gasteiger partial charge on any atom is 0.255 e. The molecule has 1 aliphatic rings. The maximum atomic E-state index is 13.0. The van der Waals surface area contributed by atoms with Crippen LogP contribution in [0, 0.1) is 6.92 Å². The van der Waals surface area contributed by atoms with E-state index in [0.29, 0.717) is 28.2 Å². The molecule has 0 unspecified atom stereocenters. The molecule has 0 radical (unpaired) electrons. The molecule has 28 heavy (non-hydrogen) atoms. The molecule has 0 aliphatic heterocycles. The van der Waals surface area contributed by atoms with Crippen LogP contribution in [0.2, 0.25) is 5.02 Å². The van der Waals surface area contributed by atoms with Crippen molar-refractivity contribution in [3.05, 3.63) is 58.6 Å². The summed E-state index contributed by atoms with van der Waals surface area (Å²) < 4.78 is 1.92. The molecule has 1 saturated carbocycles. The number of carbonyl (C=O) groups is 1. The molecule has 0 spiro atoms. The largest absolute Gasteiger partial charge is 0.391 e. The minimum absolute atomic E-state index is 0.225. The van der Waals surface area contributed by atoms with E-state index < -0.39 is 6.10 Å². The predicted octanol–water partition coefficient (Wildman–Crippen LogP) is 3.47. The zero-order chi connectivity index (χ0) is 19.7. The lowest BCUT2D eigenvalue weighted by atomic mass is 9.92. The Morgan fingerprint density at radius 1 is 1.32 bits per heavy atom. The average Bonchev–Trinajstić information content (AvgIpc) is 3.03. The van der Waals surface area contributed by atoms with Crippen LogP contribution in [0.3, 0.4) is 0 Å². The van der Waals surface area contributed by atoms with Gasteiger partial charge in [-0.1, -0.05) is 30.5 Å². The van der Waals surface area contributed by atoms with Gasteiger partial charge in [-0.2, -0.15) is 0 Å². The molecule has 2 N–H and O–H groups in total. The van der Waals surface area contributed by atoms with Gasteiger partial charge in [0.2, 0.25) is 0 Å². The van der Waals surface area contributed by atoms with E-state index >= 15 is 0 Å². The fraction of sp³-hybridized carbons (Fsp3) is 0.381. The summed E-state index contributed by atoms with van der Waals surface area (Å²) in [6.07, 6.45) is 6.38. The molecule has 3 aromatic rings. The lowest BCUT2D eigenvalue weighted by molar-refractivity contribution is 0.0718. The molecule has 4 rings (SSSR count). The van der Waals surface area contributed by atoms with Crippen molar-refractivity contribution in [2.75, 3.05) is 0 Å². The van der Waals surface area contributed by atoms with Crippen molar-refractivity contribution in [1.29, 1.82) is 0 Å². The number of aryl methyl sites for hydroxylation is 1. The number of aliphatic hydroxyl groups is 1. The van der Waals surface area contributed by atoms with E-state index in [9.17, 15) is 9.90 Å². The molecular formula is C21H23ClN4O2. The van der Waals surface area contributed by atoms with E-state index in [0.717, 1.165) is 37.1 Å². The number of fused-ring (bicyclic) bond motifs is 1. The van der Waals surface area contributed by atoms with Gasteiger partial charge in [0.15, 0.2) is 0 Å². The zero-order valence-corrected chi connectivity index (χ0v) is 16.5. The fourth-order valence-corrected chi connectivity index (χ4v) is 4.12. The van der Waals surface area contributed by atoms with Crippen molar-refractivity contribution in [2.24, 2.45) is 0 Å². The van der Waals surface area contributed by atoms with Crippen LogP contribution in [0.15, 0.2) is 36.7 Å². The monoisotopic (exact) mass is 398 g/mol. The zero-order valence-electron chi connectivity index (χ0n) is 15.7. The number of hydrogen-bond donors (Lipinski definition) is 2. The van der Waals surface area contributed by atoms with Crippen molar-refractivity contribution >= 4 is 28.5 Å². The van der Waals surface area contributed by atoms with Crippen LogP contribution in [0.5, 0.6) is 0 Å². The summed E-state index contributed by atoms with van der Waals surface area (Å²) in [6, 6.07) is 7.34. The SMILES string of the molecule is Cc1cccc(Cn2cc(C(=O)N[C@H]3CCCC[C@@H]3O)c3nccc(Cl)c32)n1. The summed E-state index contributed by atoms with van der Waals surface area (Å²) in [5.74, 6) is -0.235. The summed E-state index contributed by atoms with van der Waals surface area (Å²) in [5.41, 5.74) is 3.54. The first-order valence-corrected chi connectivity index (χ1v) is 9.95. The van der Waals surface area contributed by atoms with Crippen LogP contribution in [0.25, 0.3) is 11.0 Å². The molecule has 0 saturated heterocycles. The highest BCUT2D eigenvalue weighted by atomic mass is 35.5. The molecule has 3 aromatic heterocycles. The van der Waals surface area contributed by atoms with Crippen molar-refractivity contribution in [3.8, 4) is 0 Å². The van der Waals surface area contributed by atoms with Crippen LogP contribution >= 0.6 is 11.6 Å². The highest BCUT2D eigenvalue weighted by Crippen LogP contribution is 2.27. The molecule has 146 valence electrons. The fourth-order valence-electron chi connectivity index (χ4n) is 3.86.